The van der Waals surface area contributed by atoms with Crippen LogP contribution in [0.5, 0.6) is 0 Å². The molecule has 4 aromatic rings. The fourth-order valence-corrected chi connectivity index (χ4v) is 4.45. The van der Waals surface area contributed by atoms with Gasteiger partial charge in [0.05, 0.1) is 16.8 Å². The number of hydrogen-bond donors (Lipinski definition) is 2. The minimum absolute atomic E-state index is 0.250. The highest BCUT2D eigenvalue weighted by Gasteiger charge is 2.54. The third kappa shape index (κ3) is 3.44. The molecular formula is C23H20N2O6S. The second-order valence-corrected chi connectivity index (χ2v) is 8.68. The zero-order valence-electron chi connectivity index (χ0n) is 17.4. The molecule has 8 nitrogen and oxygen atoms in total. The molecule has 0 spiro atoms. The number of hydrogen-bond acceptors (Lipinski definition) is 7. The molecule has 0 radical (unpaired) electrons. The van der Waals surface area contributed by atoms with Gasteiger partial charge in [0, 0.05) is 0 Å². The Morgan fingerprint density at radius 3 is 2.62 bits per heavy atom. The van der Waals surface area contributed by atoms with Gasteiger partial charge in [-0.3, -0.25) is 10.1 Å². The molecule has 2 N–H and O–H groups in total. The first-order valence-corrected chi connectivity index (χ1v) is 10.9. The van der Waals surface area contributed by atoms with Crippen LogP contribution < -0.4 is 5.32 Å². The number of anilines is 1. The second-order valence-electron chi connectivity index (χ2n) is 7.91. The molecule has 1 unspecified atom stereocenters. The number of nitrogens with zero attached hydrogens (tertiary/aromatic N) is 1. The average Bonchev–Trinajstić information content (AvgIpc) is 3.18. The first kappa shape index (κ1) is 20.3. The highest BCUT2D eigenvalue weighted by atomic mass is 32.1. The van der Waals surface area contributed by atoms with Crippen molar-refractivity contribution in [2.24, 2.45) is 0 Å². The van der Waals surface area contributed by atoms with Crippen LogP contribution in [0, 0.1) is 6.92 Å². The number of nitrogens with one attached hydrogen (secondary N) is 1. The lowest BCUT2D eigenvalue weighted by Gasteiger charge is -2.14. The molecule has 1 fully saturated rings. The maximum atomic E-state index is 12.5. The molecule has 1 amide bonds. The number of aryl methyl sites for hydroxylation is 1. The normalized spacial score (nSPS) is 15.4. The monoisotopic (exact) mass is 452 g/mol. The Bertz CT molecular complexity index is 1280. The summed E-state index contributed by atoms with van der Waals surface area (Å²) in [7, 11) is 0. The number of benzene rings is 1. The van der Waals surface area contributed by atoms with E-state index in [1.54, 1.807) is 26.0 Å². The molecule has 3 heterocycles. The van der Waals surface area contributed by atoms with Gasteiger partial charge in [-0.25, -0.2) is 4.79 Å². The van der Waals surface area contributed by atoms with Gasteiger partial charge >= 0.3 is 12.1 Å². The summed E-state index contributed by atoms with van der Waals surface area (Å²) < 4.78 is 21.4. The Kier molecular flexibility index (Phi) is 4.78. The minimum Gasteiger partial charge on any atom is -0.480 e. The highest BCUT2D eigenvalue weighted by molar-refractivity contribution is 7.10. The minimum atomic E-state index is -0.936. The number of aliphatic carboxylic acids is 1. The molecule has 0 aliphatic heterocycles. The molecule has 0 saturated heterocycles. The zero-order valence-corrected chi connectivity index (χ0v) is 18.2. The summed E-state index contributed by atoms with van der Waals surface area (Å²) in [5.74, 6) is 0.242. The van der Waals surface area contributed by atoms with E-state index in [1.165, 1.54) is 11.5 Å². The van der Waals surface area contributed by atoms with Gasteiger partial charge in [0.15, 0.2) is 5.76 Å². The number of fused-ring (bicyclic) bond motifs is 1. The van der Waals surface area contributed by atoms with Crippen LogP contribution in [0.25, 0.3) is 21.8 Å². The Balaban J connectivity index is 1.36. The molecule has 0 bridgehead atoms. The van der Waals surface area contributed by atoms with Gasteiger partial charge in [-0.05, 0) is 55.9 Å². The molecule has 3 aromatic heterocycles. The fourth-order valence-electron chi connectivity index (χ4n) is 3.65. The summed E-state index contributed by atoms with van der Waals surface area (Å²) in [6.45, 7) is 3.59. The van der Waals surface area contributed by atoms with Crippen LogP contribution >= 0.6 is 11.5 Å². The summed E-state index contributed by atoms with van der Waals surface area (Å²) in [6, 6.07) is 12.9. The van der Waals surface area contributed by atoms with Crippen LogP contribution in [-0.4, -0.2) is 21.5 Å². The van der Waals surface area contributed by atoms with Crippen LogP contribution in [-0.2, 0) is 14.9 Å². The molecule has 32 heavy (non-hydrogen) atoms. The molecule has 1 aliphatic rings. The fraction of sp³-hybridized carbons (Fsp3) is 0.261. The number of aromatic nitrogens is 1. The summed E-state index contributed by atoms with van der Waals surface area (Å²) in [4.78, 5) is 24.7. The van der Waals surface area contributed by atoms with Gasteiger partial charge in [-0.2, -0.15) is 4.37 Å². The lowest BCUT2D eigenvalue weighted by molar-refractivity contribution is -0.140. The van der Waals surface area contributed by atoms with Gasteiger partial charge in [0.1, 0.15) is 22.2 Å². The lowest BCUT2D eigenvalue weighted by Crippen LogP contribution is -2.18. The van der Waals surface area contributed by atoms with Crippen molar-refractivity contribution >= 4 is 40.4 Å². The molecular weight excluding hydrogens is 432 g/mol. The zero-order chi connectivity index (χ0) is 22.5. The number of rotatable bonds is 6. The van der Waals surface area contributed by atoms with Crippen molar-refractivity contribution in [3.63, 3.8) is 0 Å². The third-order valence-corrected chi connectivity index (χ3v) is 6.66. The maximum absolute atomic E-state index is 12.5. The maximum Gasteiger partial charge on any atom is 0.412 e. The number of carbonyl (C=O) groups excluding carboxylic acids is 1. The van der Waals surface area contributed by atoms with Crippen molar-refractivity contribution in [1.29, 1.82) is 0 Å². The van der Waals surface area contributed by atoms with Gasteiger partial charge < -0.3 is 18.7 Å². The highest BCUT2D eigenvalue weighted by Crippen LogP contribution is 2.50. The van der Waals surface area contributed by atoms with E-state index >= 15 is 0 Å². The Morgan fingerprint density at radius 2 is 1.97 bits per heavy atom. The largest absolute Gasteiger partial charge is 0.480 e. The van der Waals surface area contributed by atoms with E-state index in [0.29, 0.717) is 46.0 Å². The summed E-state index contributed by atoms with van der Waals surface area (Å²) in [6.07, 6.45) is 0.0915. The van der Waals surface area contributed by atoms with E-state index in [4.69, 9.17) is 13.6 Å². The Labute approximate surface area is 187 Å². The van der Waals surface area contributed by atoms with Crippen LogP contribution in [0.4, 0.5) is 10.5 Å². The van der Waals surface area contributed by atoms with E-state index in [9.17, 15) is 14.7 Å². The van der Waals surface area contributed by atoms with E-state index in [2.05, 4.69) is 9.69 Å². The number of furan rings is 2. The molecule has 5 rings (SSSR count). The SMILES string of the molecule is Cc1nsc(-c2cc3cc(C4(C(=O)O)CC4)oc3o2)c1NC(=O)OC(C)c1ccccc1. The van der Waals surface area contributed by atoms with Crippen LogP contribution in [0.2, 0.25) is 0 Å². The third-order valence-electron chi connectivity index (χ3n) is 5.71. The summed E-state index contributed by atoms with van der Waals surface area (Å²) in [5.41, 5.74) is 1.08. The van der Waals surface area contributed by atoms with Crippen molar-refractivity contribution < 1.29 is 28.3 Å². The van der Waals surface area contributed by atoms with Crippen molar-refractivity contribution in [2.45, 2.75) is 38.2 Å². The van der Waals surface area contributed by atoms with E-state index < -0.39 is 23.6 Å². The van der Waals surface area contributed by atoms with E-state index in [1.807, 2.05) is 30.3 Å². The molecule has 1 aromatic carbocycles. The lowest BCUT2D eigenvalue weighted by atomic mass is 10.0. The van der Waals surface area contributed by atoms with Gasteiger partial charge in [-0.1, -0.05) is 30.3 Å². The van der Waals surface area contributed by atoms with Gasteiger partial charge in [0.25, 0.3) is 5.78 Å². The average molecular weight is 452 g/mol. The van der Waals surface area contributed by atoms with Crippen LogP contribution in [0.1, 0.15) is 42.9 Å². The molecule has 1 saturated carbocycles. The van der Waals surface area contributed by atoms with Crippen molar-refractivity contribution in [1.82, 2.24) is 4.37 Å². The molecule has 1 aliphatic carbocycles. The smallest absolute Gasteiger partial charge is 0.412 e. The molecule has 164 valence electrons. The van der Waals surface area contributed by atoms with Crippen molar-refractivity contribution in [2.75, 3.05) is 5.32 Å². The summed E-state index contributed by atoms with van der Waals surface area (Å²) in [5, 5.41) is 12.9. The predicted octanol–water partition coefficient (Wildman–Crippen LogP) is 5.88. The second kappa shape index (κ2) is 7.52. The topological polar surface area (TPSA) is 115 Å². The number of carboxylic acid groups (broad SMARTS) is 1. The van der Waals surface area contributed by atoms with E-state index in [-0.39, 0.29) is 5.78 Å². The first-order chi connectivity index (χ1) is 15.4. The molecule has 9 heteroatoms. The number of amides is 1. The standard InChI is InChI=1S/C23H20N2O6S/c1-12-18(24-22(28)29-13(2)14-6-4-3-5-7-14)19(32-25-12)16-10-15-11-17(31-20(15)30-16)23(8-9-23)21(26)27/h3-7,10-11,13H,8-9H2,1-2H3,(H,24,28)(H,26,27). The summed E-state index contributed by atoms with van der Waals surface area (Å²) >= 11 is 1.18. The van der Waals surface area contributed by atoms with Crippen LogP contribution in [0.15, 0.2) is 51.3 Å². The van der Waals surface area contributed by atoms with Crippen molar-refractivity contribution in [3.05, 3.63) is 59.5 Å². The first-order valence-electron chi connectivity index (χ1n) is 10.1. The van der Waals surface area contributed by atoms with E-state index in [0.717, 1.165) is 5.56 Å². The van der Waals surface area contributed by atoms with Crippen LogP contribution in [0.3, 0.4) is 0 Å². The predicted molar refractivity (Wildman–Crippen MR) is 118 cm³/mol. The quantitative estimate of drug-likeness (QED) is 0.375. The van der Waals surface area contributed by atoms with Crippen molar-refractivity contribution in [3.8, 4) is 10.6 Å². The number of ether oxygens (including phenoxy) is 1. The molecule has 1 atom stereocenters. The number of carbonyl (C=O) groups is 2. The Morgan fingerprint density at radius 1 is 1.22 bits per heavy atom. The van der Waals surface area contributed by atoms with Gasteiger partial charge in [0.2, 0.25) is 0 Å². The van der Waals surface area contributed by atoms with Gasteiger partial charge in [-0.15, -0.1) is 0 Å². The number of carboxylic acids is 1. The Hall–Kier alpha value is -3.59.